The summed E-state index contributed by atoms with van der Waals surface area (Å²) in [7, 11) is 0. The van der Waals surface area contributed by atoms with Crippen LogP contribution >= 0.6 is 0 Å². The van der Waals surface area contributed by atoms with Crippen molar-refractivity contribution in [3.05, 3.63) is 0 Å². The summed E-state index contributed by atoms with van der Waals surface area (Å²) in [4.78, 5) is 23.9. The molecule has 0 saturated heterocycles. The van der Waals surface area contributed by atoms with Crippen LogP contribution in [0.3, 0.4) is 0 Å². The molecule has 0 radical (unpaired) electrons. The quantitative estimate of drug-likeness (QED) is 0.330. The molecule has 0 aromatic heterocycles. The number of esters is 2. The molecular formula is C16H30O4. The molecule has 0 N–H and O–H groups in total. The van der Waals surface area contributed by atoms with Crippen LogP contribution in [0, 0.1) is 11.8 Å². The third kappa shape index (κ3) is 8.18. The maximum Gasteiger partial charge on any atom is 0.320 e. The topological polar surface area (TPSA) is 52.6 Å². The van der Waals surface area contributed by atoms with Gasteiger partial charge in [-0.3, -0.25) is 9.59 Å². The van der Waals surface area contributed by atoms with Gasteiger partial charge in [-0.2, -0.15) is 0 Å². The van der Waals surface area contributed by atoms with Crippen molar-refractivity contribution in [2.45, 2.75) is 66.2 Å². The Bertz CT molecular complexity index is 250. The maximum absolute atomic E-state index is 12.0. The van der Waals surface area contributed by atoms with Crippen molar-refractivity contribution in [1.29, 1.82) is 0 Å². The molecule has 0 aromatic carbocycles. The highest BCUT2D eigenvalue weighted by atomic mass is 16.6. The molecule has 4 nitrogen and oxygen atoms in total. The van der Waals surface area contributed by atoms with E-state index in [1.807, 2.05) is 13.8 Å². The van der Waals surface area contributed by atoms with Gasteiger partial charge >= 0.3 is 11.9 Å². The van der Waals surface area contributed by atoms with Crippen molar-refractivity contribution in [3.8, 4) is 0 Å². The molecule has 0 aliphatic carbocycles. The zero-order chi connectivity index (χ0) is 15.4. The second kappa shape index (κ2) is 11.7. The first-order valence-corrected chi connectivity index (χ1v) is 7.87. The molecule has 0 amide bonds. The van der Waals surface area contributed by atoms with Gasteiger partial charge in [0.15, 0.2) is 5.92 Å². The average Bonchev–Trinajstić information content (AvgIpc) is 2.39. The van der Waals surface area contributed by atoms with E-state index in [0.717, 1.165) is 38.5 Å². The highest BCUT2D eigenvalue weighted by molar-refractivity contribution is 5.95. The summed E-state index contributed by atoms with van der Waals surface area (Å²) in [6, 6.07) is 0. The second-order valence-electron chi connectivity index (χ2n) is 5.47. The number of ether oxygens (including phenoxy) is 2. The van der Waals surface area contributed by atoms with Crippen LogP contribution in [-0.4, -0.2) is 25.2 Å². The Kier molecular flexibility index (Phi) is 11.1. The fourth-order valence-electron chi connectivity index (χ4n) is 1.87. The lowest BCUT2D eigenvalue weighted by atomic mass is 9.96. The van der Waals surface area contributed by atoms with Crippen LogP contribution < -0.4 is 0 Å². The van der Waals surface area contributed by atoms with Gasteiger partial charge in [-0.25, -0.2) is 0 Å². The first-order chi connectivity index (χ1) is 9.54. The Morgan fingerprint density at radius 2 is 1.20 bits per heavy atom. The van der Waals surface area contributed by atoms with Crippen molar-refractivity contribution in [2.24, 2.45) is 11.8 Å². The minimum atomic E-state index is -0.793. The Morgan fingerprint density at radius 3 is 1.50 bits per heavy atom. The lowest BCUT2D eigenvalue weighted by molar-refractivity contribution is -0.164. The zero-order valence-corrected chi connectivity index (χ0v) is 13.4. The van der Waals surface area contributed by atoms with Crippen molar-refractivity contribution in [1.82, 2.24) is 0 Å². The average molecular weight is 286 g/mol. The molecule has 0 bridgehead atoms. The second-order valence-corrected chi connectivity index (χ2v) is 5.47. The highest BCUT2D eigenvalue weighted by Crippen LogP contribution is 2.16. The summed E-state index contributed by atoms with van der Waals surface area (Å²) < 4.78 is 10.4. The fourth-order valence-corrected chi connectivity index (χ4v) is 1.87. The summed E-state index contributed by atoms with van der Waals surface area (Å²) in [6.07, 6.45) is 5.90. The molecule has 0 rings (SSSR count). The smallest absolute Gasteiger partial charge is 0.320 e. The van der Waals surface area contributed by atoms with E-state index in [4.69, 9.17) is 9.47 Å². The zero-order valence-electron chi connectivity index (χ0n) is 13.4. The van der Waals surface area contributed by atoms with Gasteiger partial charge in [0.05, 0.1) is 13.2 Å². The van der Waals surface area contributed by atoms with Crippen molar-refractivity contribution >= 4 is 11.9 Å². The Balaban J connectivity index is 4.18. The Hall–Kier alpha value is -1.06. The maximum atomic E-state index is 12.0. The van der Waals surface area contributed by atoms with E-state index < -0.39 is 17.9 Å². The number of carbonyl (C=O) groups excluding carboxylic acids is 2. The van der Waals surface area contributed by atoms with Crippen LogP contribution in [0.15, 0.2) is 0 Å². The molecule has 0 atom stereocenters. The van der Waals surface area contributed by atoms with Gasteiger partial charge in [-0.15, -0.1) is 0 Å². The van der Waals surface area contributed by atoms with E-state index in [2.05, 4.69) is 13.8 Å². The first-order valence-electron chi connectivity index (χ1n) is 7.87. The normalized spacial score (nSPS) is 10.9. The molecule has 0 aliphatic rings. The first kappa shape index (κ1) is 18.9. The minimum Gasteiger partial charge on any atom is -0.465 e. The number of carbonyl (C=O) groups is 2. The van der Waals surface area contributed by atoms with Gasteiger partial charge in [0.25, 0.3) is 0 Å². The summed E-state index contributed by atoms with van der Waals surface area (Å²) in [5.74, 6) is -1.79. The van der Waals surface area contributed by atoms with Crippen LogP contribution in [0.4, 0.5) is 0 Å². The molecule has 0 aromatic rings. The third-order valence-corrected chi connectivity index (χ3v) is 3.16. The predicted octanol–water partition coefficient (Wildman–Crippen LogP) is 3.73. The predicted molar refractivity (Wildman–Crippen MR) is 79.3 cm³/mol. The number of rotatable bonds is 11. The van der Waals surface area contributed by atoms with E-state index in [1.165, 1.54) is 0 Å². The van der Waals surface area contributed by atoms with E-state index in [-0.39, 0.29) is 5.92 Å². The summed E-state index contributed by atoms with van der Waals surface area (Å²) in [5, 5.41) is 0. The lowest BCUT2D eigenvalue weighted by Crippen LogP contribution is -2.32. The van der Waals surface area contributed by atoms with Crippen LogP contribution in [0.2, 0.25) is 0 Å². The number of hydrogen-bond donors (Lipinski definition) is 0. The SMILES string of the molecule is CCCCCOC(=O)C(C(=O)OCCCCC)C(C)C. The Labute approximate surface area is 123 Å². The molecule has 0 spiro atoms. The van der Waals surface area contributed by atoms with E-state index in [9.17, 15) is 9.59 Å². The fraction of sp³-hybridized carbons (Fsp3) is 0.875. The summed E-state index contributed by atoms with van der Waals surface area (Å²) in [6.45, 7) is 8.63. The molecule has 0 aliphatic heterocycles. The van der Waals surface area contributed by atoms with E-state index in [1.54, 1.807) is 0 Å². The molecule has 0 heterocycles. The van der Waals surface area contributed by atoms with Crippen molar-refractivity contribution < 1.29 is 19.1 Å². The van der Waals surface area contributed by atoms with Gasteiger partial charge in [-0.05, 0) is 18.8 Å². The standard InChI is InChI=1S/C16H30O4/c1-5-7-9-11-19-15(17)14(13(3)4)16(18)20-12-10-8-6-2/h13-14H,5-12H2,1-4H3. The molecular weight excluding hydrogens is 256 g/mol. The molecule has 0 saturated carbocycles. The largest absolute Gasteiger partial charge is 0.465 e. The highest BCUT2D eigenvalue weighted by Gasteiger charge is 2.32. The van der Waals surface area contributed by atoms with Gasteiger partial charge in [0.1, 0.15) is 0 Å². The number of hydrogen-bond acceptors (Lipinski definition) is 4. The van der Waals surface area contributed by atoms with Crippen LogP contribution in [0.25, 0.3) is 0 Å². The van der Waals surface area contributed by atoms with Gasteiger partial charge < -0.3 is 9.47 Å². The van der Waals surface area contributed by atoms with Crippen LogP contribution in [0.1, 0.15) is 66.2 Å². The van der Waals surface area contributed by atoms with Gasteiger partial charge in [-0.1, -0.05) is 53.4 Å². The number of unbranched alkanes of at least 4 members (excludes halogenated alkanes) is 4. The minimum absolute atomic E-state index is 0.104. The van der Waals surface area contributed by atoms with E-state index >= 15 is 0 Å². The van der Waals surface area contributed by atoms with Crippen LogP contribution in [-0.2, 0) is 19.1 Å². The van der Waals surface area contributed by atoms with Crippen LogP contribution in [0.5, 0.6) is 0 Å². The van der Waals surface area contributed by atoms with Crippen molar-refractivity contribution in [2.75, 3.05) is 13.2 Å². The molecule has 0 fully saturated rings. The molecule has 118 valence electrons. The van der Waals surface area contributed by atoms with Gasteiger partial charge in [0, 0.05) is 0 Å². The molecule has 4 heteroatoms. The Morgan fingerprint density at radius 1 is 0.800 bits per heavy atom. The molecule has 0 unspecified atom stereocenters. The summed E-state index contributed by atoms with van der Waals surface area (Å²) >= 11 is 0. The van der Waals surface area contributed by atoms with E-state index in [0.29, 0.717) is 13.2 Å². The van der Waals surface area contributed by atoms with Gasteiger partial charge in [0.2, 0.25) is 0 Å². The monoisotopic (exact) mass is 286 g/mol. The van der Waals surface area contributed by atoms with Crippen molar-refractivity contribution in [3.63, 3.8) is 0 Å². The summed E-state index contributed by atoms with van der Waals surface area (Å²) in [5.41, 5.74) is 0. The lowest BCUT2D eigenvalue weighted by Gasteiger charge is -2.18. The molecule has 20 heavy (non-hydrogen) atoms. The third-order valence-electron chi connectivity index (χ3n) is 3.16.